The molecule has 2 aromatic carbocycles. The Hall–Kier alpha value is -2.08. The summed E-state index contributed by atoms with van der Waals surface area (Å²) in [6.07, 6.45) is 0. The first-order valence-corrected chi connectivity index (χ1v) is 13.3. The number of urea groups is 1. The molecule has 1 aliphatic heterocycles. The third kappa shape index (κ3) is 5.00. The van der Waals surface area contributed by atoms with E-state index in [1.54, 1.807) is 0 Å². The Labute approximate surface area is 176 Å². The Morgan fingerprint density at radius 2 is 1.48 bits per heavy atom. The predicted octanol–water partition coefficient (Wildman–Crippen LogP) is 5.37. The summed E-state index contributed by atoms with van der Waals surface area (Å²) >= 11 is 6.88. The van der Waals surface area contributed by atoms with Gasteiger partial charge in [-0.15, -0.1) is 16.1 Å². The van der Waals surface area contributed by atoms with E-state index in [0.717, 1.165) is 8.95 Å². The number of amides is 2. The van der Waals surface area contributed by atoms with Gasteiger partial charge < -0.3 is 0 Å². The first-order chi connectivity index (χ1) is 12.7. The van der Waals surface area contributed by atoms with Crippen LogP contribution in [0.4, 0.5) is 16.2 Å². The van der Waals surface area contributed by atoms with Crippen LogP contribution in [0.2, 0.25) is 19.6 Å². The summed E-state index contributed by atoms with van der Waals surface area (Å²) in [5.41, 5.74) is 8.91. The lowest BCUT2D eigenvalue weighted by atomic mass is 10.3. The maximum atomic E-state index is 13.1. The molecule has 0 saturated carbocycles. The summed E-state index contributed by atoms with van der Waals surface area (Å²) < 4.78 is 1.71. The number of amidine groups is 1. The number of hydrogen-bond donors (Lipinski definition) is 0. The molecule has 0 aromatic heterocycles. The zero-order valence-electron chi connectivity index (χ0n) is 15.1. The Balaban J connectivity index is 2.06. The van der Waals surface area contributed by atoms with Crippen molar-refractivity contribution < 1.29 is 4.79 Å². The van der Waals surface area contributed by atoms with Gasteiger partial charge in [-0.1, -0.05) is 63.6 Å². The fourth-order valence-electron chi connectivity index (χ4n) is 2.23. The van der Waals surface area contributed by atoms with Crippen molar-refractivity contribution >= 4 is 63.2 Å². The van der Waals surface area contributed by atoms with Crippen molar-refractivity contribution in [2.75, 3.05) is 10.0 Å². The highest BCUT2D eigenvalue weighted by Gasteiger charge is 2.31. The first-order valence-electron chi connectivity index (χ1n) is 8.22. The second kappa shape index (κ2) is 7.88. The molecule has 0 atom stereocenters. The van der Waals surface area contributed by atoms with Gasteiger partial charge in [0.2, 0.25) is 5.84 Å². The molecule has 5 nitrogen and oxygen atoms in total. The van der Waals surface area contributed by atoms with E-state index in [2.05, 4.69) is 73.5 Å². The Morgan fingerprint density at radius 1 is 0.926 bits per heavy atom. The molecular weight excluding hydrogens is 488 g/mol. The molecule has 1 heterocycles. The monoisotopic (exact) mass is 503 g/mol. The van der Waals surface area contributed by atoms with Crippen LogP contribution >= 0.6 is 31.9 Å². The molecule has 1 radical (unpaired) electrons. The van der Waals surface area contributed by atoms with Crippen molar-refractivity contribution in [2.24, 2.45) is 5.10 Å². The maximum absolute atomic E-state index is 13.1. The number of benzene rings is 2. The molecule has 2 amide bonds. The van der Waals surface area contributed by atoms with Crippen molar-refractivity contribution in [3.8, 4) is 11.5 Å². The van der Waals surface area contributed by atoms with Crippen LogP contribution < -0.4 is 15.4 Å². The SMILES string of the molecule is C[Si](C)(C)C#CC1=NN(c2cccc(Br)c2)C(=O)N(c2cccc(Br)c2)[N]1. The molecule has 0 N–H and O–H groups in total. The van der Waals surface area contributed by atoms with E-state index in [1.807, 2.05) is 48.5 Å². The summed E-state index contributed by atoms with van der Waals surface area (Å²) in [5.74, 6) is 3.35. The van der Waals surface area contributed by atoms with E-state index in [1.165, 1.54) is 10.0 Å². The average Bonchev–Trinajstić information content (AvgIpc) is 2.60. The number of halogens is 2. The van der Waals surface area contributed by atoms with E-state index in [9.17, 15) is 4.79 Å². The number of nitrogens with zero attached hydrogens (tertiary/aromatic N) is 4. The highest BCUT2D eigenvalue weighted by Crippen LogP contribution is 2.26. The van der Waals surface area contributed by atoms with Gasteiger partial charge in [0.25, 0.3) is 0 Å². The Kier molecular flexibility index (Phi) is 5.74. The van der Waals surface area contributed by atoms with Gasteiger partial charge in [-0.2, -0.15) is 10.0 Å². The van der Waals surface area contributed by atoms with Crippen LogP contribution in [0.15, 0.2) is 62.6 Å². The van der Waals surface area contributed by atoms with Crippen LogP contribution in [-0.4, -0.2) is 19.9 Å². The largest absolute Gasteiger partial charge is 0.370 e. The quantitative estimate of drug-likeness (QED) is 0.400. The molecule has 0 unspecified atom stereocenters. The number of rotatable bonds is 2. The lowest BCUT2D eigenvalue weighted by Gasteiger charge is -2.30. The molecule has 3 rings (SSSR count). The zero-order valence-corrected chi connectivity index (χ0v) is 19.2. The molecular formula is C19H17Br2N4OSi. The molecule has 0 aliphatic carbocycles. The van der Waals surface area contributed by atoms with Gasteiger partial charge in [-0.25, -0.2) is 4.79 Å². The van der Waals surface area contributed by atoms with Crippen LogP contribution in [-0.2, 0) is 0 Å². The second-order valence-electron chi connectivity index (χ2n) is 6.89. The molecule has 1 aliphatic rings. The van der Waals surface area contributed by atoms with Crippen molar-refractivity contribution in [1.29, 1.82) is 0 Å². The Morgan fingerprint density at radius 3 is 2.00 bits per heavy atom. The summed E-state index contributed by atoms with van der Waals surface area (Å²) in [5, 5.41) is 7.04. The van der Waals surface area contributed by atoms with E-state index < -0.39 is 8.07 Å². The van der Waals surface area contributed by atoms with Gasteiger partial charge >= 0.3 is 6.03 Å². The van der Waals surface area contributed by atoms with Gasteiger partial charge in [-0.3, -0.25) is 0 Å². The molecule has 0 fully saturated rings. The van der Waals surface area contributed by atoms with Crippen molar-refractivity contribution in [3.63, 3.8) is 0 Å². The van der Waals surface area contributed by atoms with Gasteiger partial charge in [0.05, 0.1) is 11.4 Å². The molecule has 0 spiro atoms. The van der Waals surface area contributed by atoms with E-state index in [-0.39, 0.29) is 6.03 Å². The molecule has 2 aromatic rings. The van der Waals surface area contributed by atoms with E-state index in [4.69, 9.17) is 0 Å². The second-order valence-corrected chi connectivity index (χ2v) is 13.5. The van der Waals surface area contributed by atoms with E-state index >= 15 is 0 Å². The van der Waals surface area contributed by atoms with Gasteiger partial charge in [0.1, 0.15) is 8.07 Å². The highest BCUT2D eigenvalue weighted by atomic mass is 79.9. The summed E-state index contributed by atoms with van der Waals surface area (Å²) in [4.78, 5) is 13.1. The van der Waals surface area contributed by atoms with Crippen LogP contribution in [0.3, 0.4) is 0 Å². The van der Waals surface area contributed by atoms with Crippen LogP contribution in [0.1, 0.15) is 0 Å². The Bertz CT molecular complexity index is 975. The number of anilines is 2. The zero-order chi connectivity index (χ0) is 19.6. The van der Waals surface area contributed by atoms with Crippen molar-refractivity contribution in [3.05, 3.63) is 57.5 Å². The summed E-state index contributed by atoms with van der Waals surface area (Å²) in [6.45, 7) is 6.44. The lowest BCUT2D eigenvalue weighted by Crippen LogP contribution is -2.52. The smallest absolute Gasteiger partial charge is 0.244 e. The van der Waals surface area contributed by atoms with Crippen LogP contribution in [0.25, 0.3) is 0 Å². The normalized spacial score (nSPS) is 14.3. The minimum Gasteiger partial charge on any atom is -0.244 e. The minimum atomic E-state index is -1.62. The van der Waals surface area contributed by atoms with Crippen LogP contribution in [0, 0.1) is 11.5 Å². The fourth-order valence-corrected chi connectivity index (χ4v) is 3.49. The number of hydrazone groups is 1. The molecule has 137 valence electrons. The number of hydrogen-bond acceptors (Lipinski definition) is 2. The molecule has 0 bridgehead atoms. The average molecular weight is 505 g/mol. The standard InChI is InChI=1S/C19H17Br2N4OSi/c1-27(2,3)11-10-18-22-24(16-8-4-6-14(20)12-16)19(26)25(23-18)17-9-5-7-15(21)13-17/h4-9,12-13H,1-3H3. The van der Waals surface area contributed by atoms with Crippen molar-refractivity contribution in [1.82, 2.24) is 5.43 Å². The molecule has 8 heteroatoms. The molecule has 27 heavy (non-hydrogen) atoms. The highest BCUT2D eigenvalue weighted by molar-refractivity contribution is 9.10. The van der Waals surface area contributed by atoms with Gasteiger partial charge in [-0.05, 0) is 42.3 Å². The van der Waals surface area contributed by atoms with Gasteiger partial charge in [0, 0.05) is 8.95 Å². The van der Waals surface area contributed by atoms with E-state index in [0.29, 0.717) is 17.2 Å². The fraction of sp³-hybridized carbons (Fsp3) is 0.158. The topological polar surface area (TPSA) is 50.0 Å². The molecule has 0 saturated heterocycles. The number of carbonyl (C=O) groups is 1. The van der Waals surface area contributed by atoms with Gasteiger partial charge in [0.15, 0.2) is 0 Å². The first kappa shape index (κ1) is 19.7. The predicted molar refractivity (Wildman–Crippen MR) is 119 cm³/mol. The van der Waals surface area contributed by atoms with Crippen LogP contribution in [0.5, 0.6) is 0 Å². The minimum absolute atomic E-state index is 0.303. The lowest BCUT2D eigenvalue weighted by molar-refractivity contribution is 0.249. The third-order valence-electron chi connectivity index (χ3n) is 3.41. The number of carbonyl (C=O) groups excluding carboxylic acids is 1. The summed E-state index contributed by atoms with van der Waals surface area (Å²) in [7, 11) is -1.62. The third-order valence-corrected chi connectivity index (χ3v) is 5.27. The maximum Gasteiger partial charge on any atom is 0.370 e. The van der Waals surface area contributed by atoms with Crippen molar-refractivity contribution in [2.45, 2.75) is 19.6 Å². The summed E-state index contributed by atoms with van der Waals surface area (Å²) in [6, 6.07) is 14.4.